The maximum absolute atomic E-state index is 14.4. The van der Waals surface area contributed by atoms with Gasteiger partial charge in [-0.1, -0.05) is 37.5 Å². The molecule has 164 valence electrons. The molecule has 1 atom stereocenters. The molecule has 2 amide bonds. The summed E-state index contributed by atoms with van der Waals surface area (Å²) >= 11 is 0. The first-order valence-electron chi connectivity index (χ1n) is 9.82. The summed E-state index contributed by atoms with van der Waals surface area (Å²) in [5.41, 5.74) is -6.94. The van der Waals surface area contributed by atoms with E-state index in [0.717, 1.165) is 11.0 Å². The first-order valence-corrected chi connectivity index (χ1v) is 9.82. The van der Waals surface area contributed by atoms with Crippen LogP contribution in [-0.2, 0) is 15.1 Å². The number of aromatic amines is 1. The SMILES string of the molecule is O=C(N[C@]1(C(F)(F)F)C(=O)Nc2c1c(=O)[nH]c(=O)n2-c1ccccc1)C1CCCCC1. The second kappa shape index (κ2) is 7.40. The van der Waals surface area contributed by atoms with Gasteiger partial charge in [0.25, 0.3) is 11.5 Å². The summed E-state index contributed by atoms with van der Waals surface area (Å²) < 4.78 is 43.9. The van der Waals surface area contributed by atoms with Gasteiger partial charge in [0.1, 0.15) is 11.4 Å². The number of hydrogen-bond donors (Lipinski definition) is 3. The zero-order valence-corrected chi connectivity index (χ0v) is 16.2. The van der Waals surface area contributed by atoms with Crippen LogP contribution in [0.2, 0.25) is 0 Å². The number of benzene rings is 1. The van der Waals surface area contributed by atoms with Gasteiger partial charge in [-0.3, -0.25) is 19.4 Å². The molecule has 0 saturated heterocycles. The molecule has 8 nitrogen and oxygen atoms in total. The van der Waals surface area contributed by atoms with Gasteiger partial charge < -0.3 is 10.6 Å². The van der Waals surface area contributed by atoms with E-state index in [9.17, 15) is 32.3 Å². The summed E-state index contributed by atoms with van der Waals surface area (Å²) in [5, 5.41) is 3.86. The maximum Gasteiger partial charge on any atom is 0.425 e. The van der Waals surface area contributed by atoms with Gasteiger partial charge in [-0.25, -0.2) is 9.36 Å². The number of hydrogen-bond acceptors (Lipinski definition) is 4. The van der Waals surface area contributed by atoms with Crippen LogP contribution in [0.4, 0.5) is 19.0 Å². The van der Waals surface area contributed by atoms with Crippen LogP contribution in [0.25, 0.3) is 5.69 Å². The molecule has 31 heavy (non-hydrogen) atoms. The lowest BCUT2D eigenvalue weighted by atomic mass is 9.86. The van der Waals surface area contributed by atoms with Crippen LogP contribution >= 0.6 is 0 Å². The molecule has 1 aliphatic heterocycles. The molecular formula is C20H19F3N4O4. The first kappa shape index (κ1) is 20.9. The Labute approximate surface area is 173 Å². The van der Waals surface area contributed by atoms with Gasteiger partial charge in [-0.05, 0) is 25.0 Å². The number of H-pyrrole nitrogens is 1. The van der Waals surface area contributed by atoms with Crippen molar-refractivity contribution < 1.29 is 22.8 Å². The number of aromatic nitrogens is 2. The summed E-state index contributed by atoms with van der Waals surface area (Å²) in [6.45, 7) is 0. The molecule has 2 aromatic rings. The number of para-hydroxylation sites is 1. The second-order valence-electron chi connectivity index (χ2n) is 7.68. The number of nitrogens with zero attached hydrogens (tertiary/aromatic N) is 1. The standard InChI is InChI=1S/C20H19F3N4O4/c21-20(22,23)19(26-15(28)11-7-3-1-4-8-11)13-14(24-17(19)30)27(18(31)25-16(13)29)12-9-5-2-6-10-12/h2,5-6,9-11H,1,3-4,7-8H2,(H,24,30)(H,26,28)(H,25,29,31)/t19-/m0/s1. The van der Waals surface area contributed by atoms with Crippen molar-refractivity contribution in [3.05, 3.63) is 56.7 Å². The Kier molecular flexibility index (Phi) is 4.98. The van der Waals surface area contributed by atoms with Crippen molar-refractivity contribution in [1.82, 2.24) is 14.9 Å². The smallest absolute Gasteiger partial charge is 0.330 e. The first-order chi connectivity index (χ1) is 14.7. The predicted octanol–water partition coefficient (Wildman–Crippen LogP) is 1.93. The Bertz CT molecular complexity index is 1150. The maximum atomic E-state index is 14.4. The molecule has 4 rings (SSSR count). The van der Waals surface area contributed by atoms with Gasteiger partial charge >= 0.3 is 11.9 Å². The quantitative estimate of drug-likeness (QED) is 0.682. The monoisotopic (exact) mass is 436 g/mol. The Morgan fingerprint density at radius 1 is 1.06 bits per heavy atom. The van der Waals surface area contributed by atoms with E-state index < -0.39 is 52.1 Å². The molecule has 0 spiro atoms. The summed E-state index contributed by atoms with van der Waals surface area (Å²) in [7, 11) is 0. The van der Waals surface area contributed by atoms with Gasteiger partial charge in [0, 0.05) is 5.92 Å². The topological polar surface area (TPSA) is 113 Å². The second-order valence-corrected chi connectivity index (χ2v) is 7.68. The Morgan fingerprint density at radius 2 is 1.71 bits per heavy atom. The van der Waals surface area contributed by atoms with E-state index in [-0.39, 0.29) is 5.69 Å². The van der Waals surface area contributed by atoms with Gasteiger partial charge in [-0.15, -0.1) is 0 Å². The van der Waals surface area contributed by atoms with Gasteiger partial charge in [0.05, 0.1) is 5.69 Å². The van der Waals surface area contributed by atoms with Crippen molar-refractivity contribution in [2.75, 3.05) is 5.32 Å². The largest absolute Gasteiger partial charge is 0.425 e. The summed E-state index contributed by atoms with van der Waals surface area (Å²) in [4.78, 5) is 52.3. The fourth-order valence-electron chi connectivity index (χ4n) is 4.25. The highest BCUT2D eigenvalue weighted by Gasteiger charge is 2.68. The van der Waals surface area contributed by atoms with Crippen LogP contribution in [0.5, 0.6) is 0 Å². The molecule has 1 aromatic carbocycles. The van der Waals surface area contributed by atoms with Crippen molar-refractivity contribution in [3.63, 3.8) is 0 Å². The molecule has 1 saturated carbocycles. The third-order valence-corrected chi connectivity index (χ3v) is 5.78. The third kappa shape index (κ3) is 3.24. The molecule has 2 heterocycles. The predicted molar refractivity (Wildman–Crippen MR) is 104 cm³/mol. The molecule has 1 aliphatic carbocycles. The molecule has 0 unspecified atom stereocenters. The minimum Gasteiger partial charge on any atom is -0.330 e. The van der Waals surface area contributed by atoms with Crippen LogP contribution in [0.1, 0.15) is 37.7 Å². The van der Waals surface area contributed by atoms with Gasteiger partial charge in [0.2, 0.25) is 11.4 Å². The van der Waals surface area contributed by atoms with E-state index >= 15 is 0 Å². The zero-order chi connectivity index (χ0) is 22.4. The average Bonchev–Trinajstić information content (AvgIpc) is 3.02. The van der Waals surface area contributed by atoms with Crippen molar-refractivity contribution in [3.8, 4) is 5.69 Å². The zero-order valence-electron chi connectivity index (χ0n) is 16.2. The third-order valence-electron chi connectivity index (χ3n) is 5.78. The lowest BCUT2D eigenvalue weighted by molar-refractivity contribution is -0.201. The van der Waals surface area contributed by atoms with Crippen LogP contribution < -0.4 is 21.9 Å². The molecule has 0 bridgehead atoms. The average molecular weight is 436 g/mol. The number of rotatable bonds is 3. The van der Waals surface area contributed by atoms with Crippen LogP contribution in [0.15, 0.2) is 39.9 Å². The lowest BCUT2D eigenvalue weighted by Gasteiger charge is -2.32. The fourth-order valence-corrected chi connectivity index (χ4v) is 4.25. The highest BCUT2D eigenvalue weighted by atomic mass is 19.4. The molecule has 1 fully saturated rings. The van der Waals surface area contributed by atoms with Crippen molar-refractivity contribution in [1.29, 1.82) is 0 Å². The highest BCUT2D eigenvalue weighted by Crippen LogP contribution is 2.45. The highest BCUT2D eigenvalue weighted by molar-refractivity contribution is 6.08. The molecule has 0 radical (unpaired) electrons. The fraction of sp³-hybridized carbons (Fsp3) is 0.400. The molecule has 2 aliphatic rings. The summed E-state index contributed by atoms with van der Waals surface area (Å²) in [6, 6.07) is 7.57. The Balaban J connectivity index is 1.92. The van der Waals surface area contributed by atoms with E-state index in [1.165, 1.54) is 24.3 Å². The van der Waals surface area contributed by atoms with E-state index in [1.54, 1.807) is 6.07 Å². The van der Waals surface area contributed by atoms with Gasteiger partial charge in [0.15, 0.2) is 0 Å². The van der Waals surface area contributed by atoms with E-state index in [0.29, 0.717) is 25.7 Å². The van der Waals surface area contributed by atoms with Crippen molar-refractivity contribution in [2.24, 2.45) is 5.92 Å². The lowest BCUT2D eigenvalue weighted by Crippen LogP contribution is -2.63. The normalized spacial score (nSPS) is 21.5. The number of anilines is 1. The molecule has 1 aromatic heterocycles. The number of fused-ring (bicyclic) bond motifs is 1. The van der Waals surface area contributed by atoms with Crippen molar-refractivity contribution in [2.45, 2.75) is 43.8 Å². The van der Waals surface area contributed by atoms with E-state index in [4.69, 9.17) is 0 Å². The van der Waals surface area contributed by atoms with Crippen molar-refractivity contribution >= 4 is 17.6 Å². The molecule has 3 N–H and O–H groups in total. The minimum atomic E-state index is -5.33. The summed E-state index contributed by atoms with van der Waals surface area (Å²) in [6.07, 6.45) is -2.29. The van der Waals surface area contributed by atoms with Crippen LogP contribution in [0, 0.1) is 5.92 Å². The van der Waals surface area contributed by atoms with Crippen LogP contribution in [-0.4, -0.2) is 27.5 Å². The number of carbonyl (C=O) groups is 2. The number of halogens is 3. The minimum absolute atomic E-state index is 0.136. The summed E-state index contributed by atoms with van der Waals surface area (Å²) in [5.74, 6) is -3.90. The molecule has 11 heteroatoms. The van der Waals surface area contributed by atoms with E-state index in [1.807, 2.05) is 15.6 Å². The number of nitrogens with one attached hydrogen (secondary N) is 3. The van der Waals surface area contributed by atoms with Crippen LogP contribution in [0.3, 0.4) is 0 Å². The Morgan fingerprint density at radius 3 is 2.32 bits per heavy atom. The number of alkyl halides is 3. The number of amides is 2. The Hall–Kier alpha value is -3.37. The molecular weight excluding hydrogens is 417 g/mol. The number of carbonyl (C=O) groups excluding carboxylic acids is 2. The van der Waals surface area contributed by atoms with Gasteiger partial charge in [-0.2, -0.15) is 13.2 Å². The van der Waals surface area contributed by atoms with E-state index in [2.05, 4.69) is 0 Å².